The van der Waals surface area contributed by atoms with Crippen molar-refractivity contribution in [3.05, 3.63) is 41.3 Å². The number of aryl methyl sites for hydroxylation is 1. The Balaban J connectivity index is 2.12. The molecule has 0 amide bonds. The first-order chi connectivity index (χ1) is 8.88. The predicted octanol–water partition coefficient (Wildman–Crippen LogP) is 1.75. The average molecular weight is 240 g/mol. The molecule has 0 radical (unpaired) electrons. The molecule has 1 aliphatic rings. The van der Waals surface area contributed by atoms with Gasteiger partial charge in [-0.15, -0.1) is 0 Å². The van der Waals surface area contributed by atoms with Crippen molar-refractivity contribution in [2.24, 2.45) is 0 Å². The summed E-state index contributed by atoms with van der Waals surface area (Å²) in [4.78, 5) is 13.7. The average Bonchev–Trinajstić information content (AvgIpc) is 2.47. The van der Waals surface area contributed by atoms with Crippen LogP contribution in [0.1, 0.15) is 23.9 Å². The van der Waals surface area contributed by atoms with Crippen LogP contribution in [0.15, 0.2) is 24.4 Å². The van der Waals surface area contributed by atoms with E-state index >= 15 is 0 Å². The van der Waals surface area contributed by atoms with Gasteiger partial charge in [-0.2, -0.15) is 0 Å². The van der Waals surface area contributed by atoms with E-state index in [1.807, 2.05) is 18.2 Å². The van der Waals surface area contributed by atoms with Crippen molar-refractivity contribution in [1.82, 2.24) is 20.3 Å². The monoisotopic (exact) mass is 240 g/mol. The van der Waals surface area contributed by atoms with Crippen LogP contribution >= 0.6 is 0 Å². The lowest BCUT2D eigenvalue weighted by Gasteiger charge is -2.19. The summed E-state index contributed by atoms with van der Waals surface area (Å²) in [7, 11) is 0. The van der Waals surface area contributed by atoms with Crippen LogP contribution in [0.2, 0.25) is 0 Å². The van der Waals surface area contributed by atoms with Gasteiger partial charge in [0.1, 0.15) is 5.69 Å². The molecule has 0 spiro atoms. The standard InChI is InChI=1S/C14H16N4/c1-2-11-10-9-15-8-6-12(10)18-14(17-11)13-5-3-4-7-16-13/h3-5,7,15H,2,6,8-9H2,1H3. The summed E-state index contributed by atoms with van der Waals surface area (Å²) in [5.41, 5.74) is 4.46. The maximum absolute atomic E-state index is 4.68. The summed E-state index contributed by atoms with van der Waals surface area (Å²) >= 11 is 0. The first-order valence-corrected chi connectivity index (χ1v) is 6.39. The van der Waals surface area contributed by atoms with Crippen LogP contribution in [-0.2, 0) is 19.4 Å². The van der Waals surface area contributed by atoms with Crippen molar-refractivity contribution >= 4 is 0 Å². The maximum Gasteiger partial charge on any atom is 0.178 e. The third-order valence-electron chi connectivity index (χ3n) is 3.25. The molecule has 0 aliphatic carbocycles. The molecule has 0 fully saturated rings. The van der Waals surface area contributed by atoms with Gasteiger partial charge in [-0.25, -0.2) is 9.97 Å². The van der Waals surface area contributed by atoms with Crippen molar-refractivity contribution in [1.29, 1.82) is 0 Å². The Morgan fingerprint density at radius 1 is 1.28 bits per heavy atom. The number of hydrogen-bond acceptors (Lipinski definition) is 4. The molecule has 0 aromatic carbocycles. The summed E-state index contributed by atoms with van der Waals surface area (Å²) in [6.45, 7) is 4.02. The summed E-state index contributed by atoms with van der Waals surface area (Å²) in [6, 6.07) is 5.84. The van der Waals surface area contributed by atoms with Crippen LogP contribution in [0.5, 0.6) is 0 Å². The first-order valence-electron chi connectivity index (χ1n) is 6.39. The van der Waals surface area contributed by atoms with E-state index in [1.54, 1.807) is 6.20 Å². The maximum atomic E-state index is 4.68. The molecule has 0 atom stereocenters. The second-order valence-corrected chi connectivity index (χ2v) is 4.41. The van der Waals surface area contributed by atoms with E-state index in [0.717, 1.165) is 43.1 Å². The highest BCUT2D eigenvalue weighted by atomic mass is 15.0. The van der Waals surface area contributed by atoms with Gasteiger partial charge in [0.25, 0.3) is 0 Å². The minimum absolute atomic E-state index is 0.758. The van der Waals surface area contributed by atoms with E-state index in [1.165, 1.54) is 11.3 Å². The Hall–Kier alpha value is -1.81. The van der Waals surface area contributed by atoms with Gasteiger partial charge in [0, 0.05) is 37.0 Å². The first kappa shape index (κ1) is 11.3. The molecule has 1 aliphatic heterocycles. The fourth-order valence-corrected chi connectivity index (χ4v) is 2.32. The molecule has 1 N–H and O–H groups in total. The molecule has 92 valence electrons. The van der Waals surface area contributed by atoms with Gasteiger partial charge < -0.3 is 5.32 Å². The summed E-state index contributed by atoms with van der Waals surface area (Å²) in [5, 5.41) is 3.38. The van der Waals surface area contributed by atoms with E-state index in [2.05, 4.69) is 27.2 Å². The van der Waals surface area contributed by atoms with E-state index in [4.69, 9.17) is 0 Å². The summed E-state index contributed by atoms with van der Waals surface area (Å²) in [5.74, 6) is 0.758. The molecule has 2 aromatic heterocycles. The molecule has 3 rings (SSSR count). The predicted molar refractivity (Wildman–Crippen MR) is 70.1 cm³/mol. The van der Waals surface area contributed by atoms with Crippen LogP contribution in [0.4, 0.5) is 0 Å². The SMILES string of the molecule is CCc1nc(-c2ccccn2)nc2c1CNCC2. The lowest BCUT2D eigenvalue weighted by molar-refractivity contribution is 0.618. The fourth-order valence-electron chi connectivity index (χ4n) is 2.32. The van der Waals surface area contributed by atoms with Gasteiger partial charge in [0.05, 0.1) is 5.69 Å². The smallest absolute Gasteiger partial charge is 0.178 e. The highest BCUT2D eigenvalue weighted by Gasteiger charge is 2.17. The van der Waals surface area contributed by atoms with Crippen molar-refractivity contribution in [3.8, 4) is 11.5 Å². The van der Waals surface area contributed by atoms with Gasteiger partial charge in [-0.05, 0) is 18.6 Å². The van der Waals surface area contributed by atoms with Crippen molar-refractivity contribution in [3.63, 3.8) is 0 Å². The van der Waals surface area contributed by atoms with E-state index in [-0.39, 0.29) is 0 Å². The second kappa shape index (κ2) is 4.82. The molecule has 2 aromatic rings. The Morgan fingerprint density at radius 2 is 2.22 bits per heavy atom. The number of nitrogens with zero attached hydrogens (tertiary/aromatic N) is 3. The Labute approximate surface area is 107 Å². The van der Waals surface area contributed by atoms with E-state index in [0.29, 0.717) is 0 Å². The minimum Gasteiger partial charge on any atom is -0.312 e. The normalized spacial score (nSPS) is 14.3. The van der Waals surface area contributed by atoms with E-state index < -0.39 is 0 Å². The van der Waals surface area contributed by atoms with Crippen molar-refractivity contribution < 1.29 is 0 Å². The molecular formula is C14H16N4. The lowest BCUT2D eigenvalue weighted by Crippen LogP contribution is -2.26. The van der Waals surface area contributed by atoms with Gasteiger partial charge in [0.15, 0.2) is 5.82 Å². The van der Waals surface area contributed by atoms with Gasteiger partial charge in [0.2, 0.25) is 0 Å². The van der Waals surface area contributed by atoms with Gasteiger partial charge >= 0.3 is 0 Å². The number of aromatic nitrogens is 3. The molecule has 4 heteroatoms. The Bertz CT molecular complexity index is 534. The zero-order valence-electron chi connectivity index (χ0n) is 10.5. The third-order valence-corrected chi connectivity index (χ3v) is 3.25. The molecule has 0 unspecified atom stereocenters. The number of rotatable bonds is 2. The van der Waals surface area contributed by atoms with Gasteiger partial charge in [-0.3, -0.25) is 4.98 Å². The van der Waals surface area contributed by atoms with Crippen molar-refractivity contribution in [2.75, 3.05) is 6.54 Å². The van der Waals surface area contributed by atoms with Crippen LogP contribution < -0.4 is 5.32 Å². The number of pyridine rings is 1. The quantitative estimate of drug-likeness (QED) is 0.868. The third kappa shape index (κ3) is 1.99. The highest BCUT2D eigenvalue weighted by Crippen LogP contribution is 2.20. The minimum atomic E-state index is 0.758. The molecule has 0 saturated heterocycles. The van der Waals surface area contributed by atoms with Crippen LogP contribution in [0, 0.1) is 0 Å². The Morgan fingerprint density at radius 3 is 3.00 bits per heavy atom. The second-order valence-electron chi connectivity index (χ2n) is 4.41. The molecule has 0 saturated carbocycles. The van der Waals surface area contributed by atoms with Crippen LogP contribution in [0.25, 0.3) is 11.5 Å². The van der Waals surface area contributed by atoms with Crippen molar-refractivity contribution in [2.45, 2.75) is 26.3 Å². The molecule has 0 bridgehead atoms. The van der Waals surface area contributed by atoms with Crippen LogP contribution in [0.3, 0.4) is 0 Å². The van der Waals surface area contributed by atoms with Crippen LogP contribution in [-0.4, -0.2) is 21.5 Å². The lowest BCUT2D eigenvalue weighted by atomic mass is 10.0. The topological polar surface area (TPSA) is 50.7 Å². The molecule has 18 heavy (non-hydrogen) atoms. The van der Waals surface area contributed by atoms with E-state index in [9.17, 15) is 0 Å². The number of nitrogens with one attached hydrogen (secondary N) is 1. The fraction of sp³-hybridized carbons (Fsp3) is 0.357. The summed E-state index contributed by atoms with van der Waals surface area (Å²) < 4.78 is 0. The summed E-state index contributed by atoms with van der Waals surface area (Å²) in [6.07, 6.45) is 3.70. The zero-order valence-corrected chi connectivity index (χ0v) is 10.5. The molecule has 4 nitrogen and oxygen atoms in total. The van der Waals surface area contributed by atoms with Gasteiger partial charge in [-0.1, -0.05) is 13.0 Å². The highest BCUT2D eigenvalue weighted by molar-refractivity contribution is 5.50. The number of fused-ring (bicyclic) bond motifs is 1. The molecule has 3 heterocycles. The molecular weight excluding hydrogens is 224 g/mol. The number of hydrogen-bond donors (Lipinski definition) is 1. The largest absolute Gasteiger partial charge is 0.312 e. The Kier molecular flexibility index (Phi) is 3.02. The zero-order chi connectivity index (χ0) is 12.4.